The minimum absolute atomic E-state index is 0.841. The van der Waals surface area contributed by atoms with E-state index in [1.54, 1.807) is 0 Å². The quantitative estimate of drug-likeness (QED) is 0.889. The Morgan fingerprint density at radius 3 is 2.61 bits per heavy atom. The Morgan fingerprint density at radius 1 is 1.22 bits per heavy atom. The van der Waals surface area contributed by atoms with Crippen LogP contribution < -0.4 is 5.32 Å². The first-order valence-electron chi connectivity index (χ1n) is 5.70. The first-order valence-corrected chi connectivity index (χ1v) is 7.28. The summed E-state index contributed by atoms with van der Waals surface area (Å²) in [7, 11) is 1.95. The number of hydrogen-bond donors (Lipinski definition) is 1. The average Bonchev–Trinajstić information content (AvgIpc) is 2.63. The van der Waals surface area contributed by atoms with Crippen LogP contribution in [-0.4, -0.2) is 9.78 Å². The summed E-state index contributed by atoms with van der Waals surface area (Å²) >= 11 is 6.98. The fourth-order valence-corrected chi connectivity index (χ4v) is 2.49. The third-order valence-electron chi connectivity index (χ3n) is 2.74. The maximum atomic E-state index is 4.33. The third kappa shape index (κ3) is 3.43. The Morgan fingerprint density at radius 2 is 2.00 bits per heavy atom. The maximum absolute atomic E-state index is 4.33. The summed E-state index contributed by atoms with van der Waals surface area (Å²) in [4.78, 5) is 0. The standard InChI is InChI=1S/C13H15Br2N3/c1-9-11(8-18(2)17-9)7-16-6-10-3-4-12(14)13(15)5-10/h3-5,8,16H,6-7H2,1-2H3. The van der Waals surface area contributed by atoms with Gasteiger partial charge in [0, 0.05) is 40.8 Å². The van der Waals surface area contributed by atoms with Crippen molar-refractivity contribution >= 4 is 31.9 Å². The topological polar surface area (TPSA) is 29.9 Å². The van der Waals surface area contributed by atoms with Crippen molar-refractivity contribution < 1.29 is 0 Å². The Bertz CT molecular complexity index is 549. The van der Waals surface area contributed by atoms with Gasteiger partial charge in [0.05, 0.1) is 5.69 Å². The number of benzene rings is 1. The van der Waals surface area contributed by atoms with Gasteiger partial charge in [0.25, 0.3) is 0 Å². The Balaban J connectivity index is 1.92. The van der Waals surface area contributed by atoms with Gasteiger partial charge < -0.3 is 5.32 Å². The van der Waals surface area contributed by atoms with Gasteiger partial charge in [-0.25, -0.2) is 0 Å². The lowest BCUT2D eigenvalue weighted by molar-refractivity contribution is 0.690. The molecule has 0 saturated carbocycles. The molecule has 2 rings (SSSR count). The minimum Gasteiger partial charge on any atom is -0.308 e. The van der Waals surface area contributed by atoms with Gasteiger partial charge in [0.2, 0.25) is 0 Å². The van der Waals surface area contributed by atoms with Gasteiger partial charge in [0.15, 0.2) is 0 Å². The fraction of sp³-hybridized carbons (Fsp3) is 0.308. The van der Waals surface area contributed by atoms with Gasteiger partial charge in [-0.1, -0.05) is 6.07 Å². The van der Waals surface area contributed by atoms with Gasteiger partial charge in [-0.05, 0) is 56.5 Å². The molecule has 18 heavy (non-hydrogen) atoms. The van der Waals surface area contributed by atoms with E-state index in [-0.39, 0.29) is 0 Å². The molecular formula is C13H15Br2N3. The van der Waals surface area contributed by atoms with E-state index in [0.29, 0.717) is 0 Å². The minimum atomic E-state index is 0.841. The summed E-state index contributed by atoms with van der Waals surface area (Å²) in [5.74, 6) is 0. The van der Waals surface area contributed by atoms with Gasteiger partial charge in [-0.15, -0.1) is 0 Å². The van der Waals surface area contributed by atoms with E-state index in [9.17, 15) is 0 Å². The van der Waals surface area contributed by atoms with Crippen molar-refractivity contribution in [2.45, 2.75) is 20.0 Å². The summed E-state index contributed by atoms with van der Waals surface area (Å²) in [6.45, 7) is 3.72. The molecule has 0 aliphatic carbocycles. The largest absolute Gasteiger partial charge is 0.308 e. The molecule has 0 bridgehead atoms. The number of halogens is 2. The van der Waals surface area contributed by atoms with Gasteiger partial charge in [-0.3, -0.25) is 4.68 Å². The van der Waals surface area contributed by atoms with Crippen LogP contribution in [-0.2, 0) is 20.1 Å². The van der Waals surface area contributed by atoms with E-state index in [4.69, 9.17) is 0 Å². The summed E-state index contributed by atoms with van der Waals surface area (Å²) < 4.78 is 4.01. The van der Waals surface area contributed by atoms with Crippen LogP contribution in [0.1, 0.15) is 16.8 Å². The van der Waals surface area contributed by atoms with Crippen molar-refractivity contribution in [1.82, 2.24) is 15.1 Å². The molecule has 3 nitrogen and oxygen atoms in total. The van der Waals surface area contributed by atoms with E-state index in [1.165, 1.54) is 11.1 Å². The lowest BCUT2D eigenvalue weighted by Crippen LogP contribution is -2.12. The molecule has 0 spiro atoms. The van der Waals surface area contributed by atoms with E-state index in [2.05, 4.69) is 66.7 Å². The first kappa shape index (κ1) is 13.8. The van der Waals surface area contributed by atoms with Crippen LogP contribution in [0.4, 0.5) is 0 Å². The molecule has 0 fully saturated rings. The lowest BCUT2D eigenvalue weighted by Gasteiger charge is -2.05. The summed E-state index contributed by atoms with van der Waals surface area (Å²) in [6, 6.07) is 6.28. The summed E-state index contributed by atoms with van der Waals surface area (Å²) in [5.41, 5.74) is 3.59. The van der Waals surface area contributed by atoms with Crippen molar-refractivity contribution in [3.8, 4) is 0 Å². The van der Waals surface area contributed by atoms with E-state index in [1.807, 2.05) is 18.7 Å². The molecule has 5 heteroatoms. The maximum Gasteiger partial charge on any atom is 0.0638 e. The molecule has 96 valence electrons. The van der Waals surface area contributed by atoms with Crippen molar-refractivity contribution in [3.05, 3.63) is 50.2 Å². The second-order valence-corrected chi connectivity index (χ2v) is 5.97. The van der Waals surface area contributed by atoms with Crippen LogP contribution in [0.15, 0.2) is 33.3 Å². The normalized spacial score (nSPS) is 10.9. The zero-order valence-corrected chi connectivity index (χ0v) is 13.5. The van der Waals surface area contributed by atoms with E-state index in [0.717, 1.165) is 27.7 Å². The molecule has 0 atom stereocenters. The van der Waals surface area contributed by atoms with Crippen LogP contribution in [0.5, 0.6) is 0 Å². The Hall–Kier alpha value is -0.650. The van der Waals surface area contributed by atoms with Gasteiger partial charge in [0.1, 0.15) is 0 Å². The smallest absolute Gasteiger partial charge is 0.0638 e. The van der Waals surface area contributed by atoms with Crippen LogP contribution in [0.2, 0.25) is 0 Å². The number of nitrogens with one attached hydrogen (secondary N) is 1. The second-order valence-electron chi connectivity index (χ2n) is 4.27. The van der Waals surface area contributed by atoms with Gasteiger partial charge in [-0.2, -0.15) is 5.10 Å². The average molecular weight is 373 g/mol. The van der Waals surface area contributed by atoms with Crippen LogP contribution in [0, 0.1) is 6.92 Å². The SMILES string of the molecule is Cc1nn(C)cc1CNCc1ccc(Br)c(Br)c1. The molecule has 0 saturated heterocycles. The fourth-order valence-electron chi connectivity index (χ4n) is 1.81. The number of rotatable bonds is 4. The highest BCUT2D eigenvalue weighted by atomic mass is 79.9. The Labute approximate surface area is 124 Å². The molecular weight excluding hydrogens is 358 g/mol. The summed E-state index contributed by atoms with van der Waals surface area (Å²) in [6.07, 6.45) is 2.06. The lowest BCUT2D eigenvalue weighted by atomic mass is 10.2. The zero-order chi connectivity index (χ0) is 13.1. The highest BCUT2D eigenvalue weighted by Crippen LogP contribution is 2.23. The van der Waals surface area contributed by atoms with Crippen LogP contribution in [0.3, 0.4) is 0 Å². The monoisotopic (exact) mass is 371 g/mol. The predicted molar refractivity (Wildman–Crippen MR) is 80.3 cm³/mol. The van der Waals surface area contributed by atoms with E-state index < -0.39 is 0 Å². The highest BCUT2D eigenvalue weighted by Gasteiger charge is 2.03. The third-order valence-corrected chi connectivity index (χ3v) is 4.62. The van der Waals surface area contributed by atoms with Crippen LogP contribution >= 0.6 is 31.9 Å². The molecule has 1 aromatic heterocycles. The first-order chi connectivity index (χ1) is 8.56. The molecule has 0 aliphatic heterocycles. The zero-order valence-electron chi connectivity index (χ0n) is 10.4. The second kappa shape index (κ2) is 5.99. The van der Waals surface area contributed by atoms with Crippen molar-refractivity contribution in [1.29, 1.82) is 0 Å². The summed E-state index contributed by atoms with van der Waals surface area (Å²) in [5, 5.41) is 7.75. The molecule has 0 amide bonds. The van der Waals surface area contributed by atoms with Crippen molar-refractivity contribution in [2.24, 2.45) is 7.05 Å². The molecule has 0 radical (unpaired) electrons. The van der Waals surface area contributed by atoms with Gasteiger partial charge >= 0.3 is 0 Å². The number of nitrogens with zero attached hydrogens (tertiary/aromatic N) is 2. The van der Waals surface area contributed by atoms with Crippen LogP contribution in [0.25, 0.3) is 0 Å². The predicted octanol–water partition coefficient (Wildman–Crippen LogP) is 3.54. The molecule has 0 aliphatic rings. The molecule has 1 heterocycles. The molecule has 0 unspecified atom stereocenters. The van der Waals surface area contributed by atoms with Crippen molar-refractivity contribution in [2.75, 3.05) is 0 Å². The number of aryl methyl sites for hydroxylation is 2. The molecule has 1 N–H and O–H groups in total. The van der Waals surface area contributed by atoms with E-state index >= 15 is 0 Å². The number of aromatic nitrogens is 2. The highest BCUT2D eigenvalue weighted by molar-refractivity contribution is 9.13. The Kier molecular flexibility index (Phi) is 4.59. The number of hydrogen-bond acceptors (Lipinski definition) is 2. The molecule has 1 aromatic carbocycles. The molecule has 2 aromatic rings. The van der Waals surface area contributed by atoms with Crippen molar-refractivity contribution in [3.63, 3.8) is 0 Å².